The first-order chi connectivity index (χ1) is 9.13. The first-order valence-corrected chi connectivity index (χ1v) is 8.24. The molecule has 3 N–H and O–H groups in total. The molecule has 1 atom stereocenters. The van der Waals surface area contributed by atoms with E-state index >= 15 is 0 Å². The molecule has 1 heterocycles. The summed E-state index contributed by atoms with van der Waals surface area (Å²) in [5, 5.41) is 18.1. The summed E-state index contributed by atoms with van der Waals surface area (Å²) in [7, 11) is 0. The smallest absolute Gasteiger partial charge is 0.326 e. The van der Waals surface area contributed by atoms with Crippen molar-refractivity contribution in [1.82, 2.24) is 10.6 Å². The molecule has 0 unspecified atom stereocenters. The van der Waals surface area contributed by atoms with E-state index in [9.17, 15) is 9.59 Å². The van der Waals surface area contributed by atoms with E-state index in [2.05, 4.69) is 10.6 Å². The van der Waals surface area contributed by atoms with Crippen molar-refractivity contribution in [1.29, 1.82) is 0 Å². The predicted octanol–water partition coefficient (Wildman–Crippen LogP) is 1.80. The van der Waals surface area contributed by atoms with Crippen LogP contribution in [0.2, 0.25) is 0 Å². The molecule has 1 aromatic rings. The van der Waals surface area contributed by atoms with Gasteiger partial charge < -0.3 is 15.7 Å². The van der Waals surface area contributed by atoms with Gasteiger partial charge in [-0.2, -0.15) is 23.1 Å². The molecule has 106 valence electrons. The Bertz CT molecular complexity index is 396. The number of thioether (sulfide) groups is 1. The Kier molecular flexibility index (Phi) is 7.35. The molecule has 0 saturated carbocycles. The maximum absolute atomic E-state index is 11.6. The summed E-state index contributed by atoms with van der Waals surface area (Å²) in [6.45, 7) is 0.497. The molecule has 0 radical (unpaired) electrons. The molecule has 0 aliphatic carbocycles. The maximum atomic E-state index is 11.6. The van der Waals surface area contributed by atoms with Crippen LogP contribution in [0.25, 0.3) is 0 Å². The first-order valence-electron chi connectivity index (χ1n) is 5.90. The van der Waals surface area contributed by atoms with E-state index in [1.807, 2.05) is 23.1 Å². The fourth-order valence-electron chi connectivity index (χ4n) is 1.46. The zero-order chi connectivity index (χ0) is 14.1. The number of urea groups is 1. The highest BCUT2D eigenvalue weighted by Gasteiger charge is 2.18. The lowest BCUT2D eigenvalue weighted by Gasteiger charge is -2.14. The number of thiophene rings is 1. The van der Waals surface area contributed by atoms with E-state index in [0.717, 1.165) is 6.42 Å². The number of carboxylic acid groups (broad SMARTS) is 1. The molecule has 5 nitrogen and oxygen atoms in total. The van der Waals surface area contributed by atoms with E-state index in [-0.39, 0.29) is 0 Å². The van der Waals surface area contributed by atoms with Gasteiger partial charge in [0, 0.05) is 6.54 Å². The number of rotatable bonds is 8. The van der Waals surface area contributed by atoms with Crippen molar-refractivity contribution in [3.63, 3.8) is 0 Å². The molecule has 19 heavy (non-hydrogen) atoms. The van der Waals surface area contributed by atoms with E-state index in [4.69, 9.17) is 5.11 Å². The standard InChI is InChI=1S/C12H18N2O3S2/c1-18-6-4-10(11(15)16)14-12(17)13-5-2-9-3-7-19-8-9/h3,7-8,10H,2,4-6H2,1H3,(H,15,16)(H2,13,14,17)/t10-/m0/s1. The minimum atomic E-state index is -0.998. The van der Waals surface area contributed by atoms with Gasteiger partial charge in [-0.3, -0.25) is 0 Å². The van der Waals surface area contributed by atoms with Gasteiger partial charge in [-0.1, -0.05) is 0 Å². The summed E-state index contributed by atoms with van der Waals surface area (Å²) in [4.78, 5) is 22.5. The van der Waals surface area contributed by atoms with Gasteiger partial charge in [0.25, 0.3) is 0 Å². The van der Waals surface area contributed by atoms with Crippen LogP contribution in [0, 0.1) is 0 Å². The summed E-state index contributed by atoms with van der Waals surface area (Å²) in [6, 6.07) is 0.750. The first kappa shape index (κ1) is 15.8. The van der Waals surface area contributed by atoms with Crippen molar-refractivity contribution < 1.29 is 14.7 Å². The number of hydrogen-bond acceptors (Lipinski definition) is 4. The Hall–Kier alpha value is -1.21. The van der Waals surface area contributed by atoms with Crippen molar-refractivity contribution in [2.45, 2.75) is 18.9 Å². The lowest BCUT2D eigenvalue weighted by molar-refractivity contribution is -0.139. The highest BCUT2D eigenvalue weighted by Crippen LogP contribution is 2.05. The van der Waals surface area contributed by atoms with E-state index in [1.54, 1.807) is 23.1 Å². The van der Waals surface area contributed by atoms with Crippen molar-refractivity contribution in [3.05, 3.63) is 22.4 Å². The van der Waals surface area contributed by atoms with Gasteiger partial charge in [0.05, 0.1) is 0 Å². The van der Waals surface area contributed by atoms with Gasteiger partial charge in [0.2, 0.25) is 0 Å². The second-order valence-electron chi connectivity index (χ2n) is 3.95. The predicted molar refractivity (Wildman–Crippen MR) is 79.0 cm³/mol. The maximum Gasteiger partial charge on any atom is 0.326 e. The largest absolute Gasteiger partial charge is 0.480 e. The highest BCUT2D eigenvalue weighted by atomic mass is 32.2. The molecule has 0 spiro atoms. The lowest BCUT2D eigenvalue weighted by atomic mass is 10.2. The minimum absolute atomic E-state index is 0.425. The summed E-state index contributed by atoms with van der Waals surface area (Å²) in [5.41, 5.74) is 1.17. The summed E-state index contributed by atoms with van der Waals surface area (Å²) >= 11 is 3.17. The third-order valence-corrected chi connectivity index (χ3v) is 3.87. The zero-order valence-corrected chi connectivity index (χ0v) is 12.4. The van der Waals surface area contributed by atoms with Gasteiger partial charge in [-0.05, 0) is 47.2 Å². The van der Waals surface area contributed by atoms with Crippen LogP contribution in [0.5, 0.6) is 0 Å². The van der Waals surface area contributed by atoms with E-state index < -0.39 is 18.0 Å². The second-order valence-corrected chi connectivity index (χ2v) is 5.72. The minimum Gasteiger partial charge on any atom is -0.480 e. The van der Waals surface area contributed by atoms with Crippen LogP contribution in [0.15, 0.2) is 16.8 Å². The monoisotopic (exact) mass is 302 g/mol. The molecule has 0 fully saturated rings. The molecular weight excluding hydrogens is 284 g/mol. The molecule has 0 bridgehead atoms. The molecule has 1 rings (SSSR count). The van der Waals surface area contributed by atoms with Crippen LogP contribution in [-0.4, -0.2) is 41.7 Å². The molecular formula is C12H18N2O3S2. The molecule has 0 saturated heterocycles. The molecule has 0 aliphatic rings. The Labute approximate surface area is 120 Å². The summed E-state index contributed by atoms with van der Waals surface area (Å²) < 4.78 is 0. The van der Waals surface area contributed by atoms with Crippen LogP contribution in [0.4, 0.5) is 4.79 Å². The number of carbonyl (C=O) groups is 2. The van der Waals surface area contributed by atoms with Crippen LogP contribution in [-0.2, 0) is 11.2 Å². The average Bonchev–Trinajstić information content (AvgIpc) is 2.87. The Balaban J connectivity index is 2.25. The van der Waals surface area contributed by atoms with Gasteiger partial charge in [0.1, 0.15) is 6.04 Å². The third-order valence-electron chi connectivity index (χ3n) is 2.49. The van der Waals surface area contributed by atoms with Crippen molar-refractivity contribution in [3.8, 4) is 0 Å². The van der Waals surface area contributed by atoms with E-state index in [0.29, 0.717) is 18.7 Å². The topological polar surface area (TPSA) is 78.4 Å². The van der Waals surface area contributed by atoms with Gasteiger partial charge >= 0.3 is 12.0 Å². The third kappa shape index (κ3) is 6.49. The second kappa shape index (κ2) is 8.82. The normalized spacial score (nSPS) is 11.8. The number of nitrogens with one attached hydrogen (secondary N) is 2. The molecule has 7 heteroatoms. The molecule has 1 aromatic heterocycles. The van der Waals surface area contributed by atoms with Crippen molar-refractivity contribution >= 4 is 35.1 Å². The average molecular weight is 302 g/mol. The summed E-state index contributed by atoms with van der Waals surface area (Å²) in [6.07, 6.45) is 3.08. The van der Waals surface area contributed by atoms with Crippen LogP contribution in [0.3, 0.4) is 0 Å². The zero-order valence-electron chi connectivity index (χ0n) is 10.7. The Morgan fingerprint density at radius 2 is 2.32 bits per heavy atom. The quantitative estimate of drug-likeness (QED) is 0.684. The number of carboxylic acids is 1. The number of amides is 2. The lowest BCUT2D eigenvalue weighted by Crippen LogP contribution is -2.46. The molecule has 2 amide bonds. The number of aliphatic carboxylic acids is 1. The van der Waals surface area contributed by atoms with Crippen LogP contribution in [0.1, 0.15) is 12.0 Å². The SMILES string of the molecule is CSCC[C@H](NC(=O)NCCc1ccsc1)C(=O)O. The summed E-state index contributed by atoms with van der Waals surface area (Å²) in [5.74, 6) is -0.298. The molecule has 0 aliphatic heterocycles. The molecule has 0 aromatic carbocycles. The fourth-order valence-corrected chi connectivity index (χ4v) is 2.63. The van der Waals surface area contributed by atoms with Crippen LogP contribution >= 0.6 is 23.1 Å². The highest BCUT2D eigenvalue weighted by molar-refractivity contribution is 7.98. The van der Waals surface area contributed by atoms with Crippen LogP contribution < -0.4 is 10.6 Å². The van der Waals surface area contributed by atoms with Gasteiger partial charge in [0.15, 0.2) is 0 Å². The van der Waals surface area contributed by atoms with Gasteiger partial charge in [-0.25, -0.2) is 9.59 Å². The van der Waals surface area contributed by atoms with Crippen molar-refractivity contribution in [2.24, 2.45) is 0 Å². The number of carbonyl (C=O) groups excluding carboxylic acids is 1. The van der Waals surface area contributed by atoms with Gasteiger partial charge in [-0.15, -0.1) is 0 Å². The fraction of sp³-hybridized carbons (Fsp3) is 0.500. The Morgan fingerprint density at radius 3 is 2.89 bits per heavy atom. The van der Waals surface area contributed by atoms with Crippen molar-refractivity contribution in [2.75, 3.05) is 18.6 Å². The van der Waals surface area contributed by atoms with E-state index in [1.165, 1.54) is 5.56 Å². The number of hydrogen-bond donors (Lipinski definition) is 3. The Morgan fingerprint density at radius 1 is 1.53 bits per heavy atom.